The van der Waals surface area contributed by atoms with Crippen molar-refractivity contribution >= 4 is 5.96 Å². The van der Waals surface area contributed by atoms with Crippen molar-refractivity contribution in [3.8, 4) is 0 Å². The van der Waals surface area contributed by atoms with Gasteiger partial charge in [-0.2, -0.15) is 5.10 Å². The molecule has 0 fully saturated rings. The second-order valence-corrected chi connectivity index (χ2v) is 6.45. The molecule has 1 unspecified atom stereocenters. The summed E-state index contributed by atoms with van der Waals surface area (Å²) in [5, 5.41) is 11.3. The van der Waals surface area contributed by atoms with Crippen LogP contribution in [0.4, 0.5) is 0 Å². The lowest BCUT2D eigenvalue weighted by Crippen LogP contribution is -2.41. The fourth-order valence-electron chi connectivity index (χ4n) is 3.31. The second-order valence-electron chi connectivity index (χ2n) is 6.45. The third kappa shape index (κ3) is 3.30. The summed E-state index contributed by atoms with van der Waals surface area (Å²) < 4.78 is 1.92. The monoisotopic (exact) mass is 325 g/mol. The number of hydrogen-bond acceptors (Lipinski definition) is 2. The molecule has 0 radical (unpaired) electrons. The number of fused-ring (bicyclic) bond motifs is 1. The zero-order chi connectivity index (χ0) is 17.1. The summed E-state index contributed by atoms with van der Waals surface area (Å²) in [6, 6.07) is 8.70. The van der Waals surface area contributed by atoms with Crippen LogP contribution in [0.25, 0.3) is 0 Å². The lowest BCUT2D eigenvalue weighted by molar-refractivity contribution is 0.584. The molecule has 1 atom stereocenters. The molecule has 3 rings (SSSR count). The van der Waals surface area contributed by atoms with Gasteiger partial charge in [0.15, 0.2) is 5.96 Å². The van der Waals surface area contributed by atoms with Crippen molar-refractivity contribution in [2.75, 3.05) is 13.1 Å². The van der Waals surface area contributed by atoms with Crippen molar-refractivity contribution in [2.45, 2.75) is 39.7 Å². The Labute approximate surface area is 144 Å². The molecular formula is C19H27N5. The molecule has 1 aliphatic rings. The van der Waals surface area contributed by atoms with Crippen LogP contribution in [-0.4, -0.2) is 28.8 Å². The van der Waals surface area contributed by atoms with Crippen molar-refractivity contribution in [3.05, 3.63) is 52.3 Å². The van der Waals surface area contributed by atoms with Gasteiger partial charge in [0.1, 0.15) is 0 Å². The maximum Gasteiger partial charge on any atom is 0.191 e. The van der Waals surface area contributed by atoms with Gasteiger partial charge in [0.05, 0.1) is 12.2 Å². The van der Waals surface area contributed by atoms with Crippen molar-refractivity contribution < 1.29 is 0 Å². The zero-order valence-corrected chi connectivity index (χ0v) is 15.1. The molecule has 1 aliphatic carbocycles. The van der Waals surface area contributed by atoms with E-state index < -0.39 is 0 Å². The Kier molecular flexibility index (Phi) is 4.88. The topological polar surface area (TPSA) is 54.2 Å². The predicted octanol–water partition coefficient (Wildman–Crippen LogP) is 2.43. The van der Waals surface area contributed by atoms with Crippen LogP contribution in [0.5, 0.6) is 0 Å². The van der Waals surface area contributed by atoms with Gasteiger partial charge in [0.2, 0.25) is 0 Å². The molecule has 2 N–H and O–H groups in total. The van der Waals surface area contributed by atoms with E-state index in [-0.39, 0.29) is 0 Å². The SMILES string of the molecule is CCNC(=NCc1c(C)nn(C)c1C)NCC1Cc2ccccc21. The van der Waals surface area contributed by atoms with Crippen LogP contribution in [0.2, 0.25) is 0 Å². The molecule has 0 aliphatic heterocycles. The first-order chi connectivity index (χ1) is 11.6. The number of aryl methyl sites for hydroxylation is 2. The number of benzene rings is 1. The van der Waals surface area contributed by atoms with Crippen LogP contribution in [0.1, 0.15) is 40.9 Å². The van der Waals surface area contributed by atoms with Gasteiger partial charge in [0, 0.05) is 37.3 Å². The highest BCUT2D eigenvalue weighted by molar-refractivity contribution is 5.79. The lowest BCUT2D eigenvalue weighted by atomic mass is 9.78. The highest BCUT2D eigenvalue weighted by Gasteiger charge is 2.25. The largest absolute Gasteiger partial charge is 0.357 e. The average molecular weight is 325 g/mol. The van der Waals surface area contributed by atoms with Gasteiger partial charge in [0.25, 0.3) is 0 Å². The van der Waals surface area contributed by atoms with E-state index in [1.54, 1.807) is 0 Å². The summed E-state index contributed by atoms with van der Waals surface area (Å²) in [6.45, 7) is 8.67. The highest BCUT2D eigenvalue weighted by atomic mass is 15.3. The third-order valence-corrected chi connectivity index (χ3v) is 4.88. The second kappa shape index (κ2) is 7.07. The maximum atomic E-state index is 4.75. The molecule has 5 heteroatoms. The van der Waals surface area contributed by atoms with E-state index in [4.69, 9.17) is 4.99 Å². The minimum absolute atomic E-state index is 0.590. The molecule has 2 aromatic rings. The summed E-state index contributed by atoms with van der Waals surface area (Å²) in [5.41, 5.74) is 6.40. The van der Waals surface area contributed by atoms with E-state index in [9.17, 15) is 0 Å². The fourth-order valence-corrected chi connectivity index (χ4v) is 3.31. The smallest absolute Gasteiger partial charge is 0.191 e. The predicted molar refractivity (Wildman–Crippen MR) is 98.4 cm³/mol. The van der Waals surface area contributed by atoms with Crippen molar-refractivity contribution in [2.24, 2.45) is 12.0 Å². The molecule has 1 heterocycles. The molecule has 0 amide bonds. The summed E-state index contributed by atoms with van der Waals surface area (Å²) in [5.74, 6) is 1.47. The summed E-state index contributed by atoms with van der Waals surface area (Å²) in [4.78, 5) is 4.75. The Morgan fingerprint density at radius 2 is 2.08 bits per heavy atom. The van der Waals surface area contributed by atoms with E-state index in [1.165, 1.54) is 22.4 Å². The first kappa shape index (κ1) is 16.6. The standard InChI is InChI=1S/C19H27N5/c1-5-20-19(22-12-18-13(2)23-24(4)14(18)3)21-11-16-10-15-8-6-7-9-17(15)16/h6-9,16H,5,10-12H2,1-4H3,(H2,20,21,22). The zero-order valence-electron chi connectivity index (χ0n) is 15.1. The molecule has 0 spiro atoms. The normalized spacial score (nSPS) is 16.5. The highest BCUT2D eigenvalue weighted by Crippen LogP contribution is 2.33. The van der Waals surface area contributed by atoms with Gasteiger partial charge in [-0.15, -0.1) is 0 Å². The lowest BCUT2D eigenvalue weighted by Gasteiger charge is -2.30. The average Bonchev–Trinajstić information content (AvgIpc) is 2.78. The van der Waals surface area contributed by atoms with Crippen LogP contribution in [0.3, 0.4) is 0 Å². The maximum absolute atomic E-state index is 4.75. The molecule has 1 aromatic heterocycles. The van der Waals surface area contributed by atoms with Crippen molar-refractivity contribution in [1.82, 2.24) is 20.4 Å². The minimum Gasteiger partial charge on any atom is -0.357 e. The van der Waals surface area contributed by atoms with Crippen LogP contribution in [0.15, 0.2) is 29.3 Å². The van der Waals surface area contributed by atoms with Crippen LogP contribution >= 0.6 is 0 Å². The van der Waals surface area contributed by atoms with Crippen LogP contribution in [-0.2, 0) is 20.0 Å². The number of aromatic nitrogens is 2. The minimum atomic E-state index is 0.590. The van der Waals surface area contributed by atoms with Gasteiger partial charge in [-0.1, -0.05) is 24.3 Å². The molecule has 24 heavy (non-hydrogen) atoms. The van der Waals surface area contributed by atoms with Crippen LogP contribution < -0.4 is 10.6 Å². The first-order valence-corrected chi connectivity index (χ1v) is 8.69. The number of guanidine groups is 1. The Morgan fingerprint density at radius 1 is 1.29 bits per heavy atom. The number of nitrogens with zero attached hydrogens (tertiary/aromatic N) is 3. The first-order valence-electron chi connectivity index (χ1n) is 8.69. The van der Waals surface area contributed by atoms with E-state index in [2.05, 4.69) is 53.8 Å². The summed E-state index contributed by atoms with van der Waals surface area (Å²) in [7, 11) is 1.98. The van der Waals surface area contributed by atoms with E-state index in [0.717, 1.165) is 31.2 Å². The van der Waals surface area contributed by atoms with E-state index >= 15 is 0 Å². The molecular weight excluding hydrogens is 298 g/mol. The quantitative estimate of drug-likeness (QED) is 0.656. The number of nitrogens with one attached hydrogen (secondary N) is 2. The number of aliphatic imine (C=N–C) groups is 1. The van der Waals surface area contributed by atoms with Crippen molar-refractivity contribution in [3.63, 3.8) is 0 Å². The Balaban J connectivity index is 1.62. The molecule has 0 saturated carbocycles. The molecule has 5 nitrogen and oxygen atoms in total. The van der Waals surface area contributed by atoms with Gasteiger partial charge in [-0.25, -0.2) is 4.99 Å². The van der Waals surface area contributed by atoms with E-state index in [1.807, 2.05) is 18.7 Å². The Morgan fingerprint density at radius 3 is 2.75 bits per heavy atom. The van der Waals surface area contributed by atoms with Gasteiger partial charge >= 0.3 is 0 Å². The van der Waals surface area contributed by atoms with E-state index in [0.29, 0.717) is 12.5 Å². The molecule has 1 aromatic carbocycles. The molecule has 0 bridgehead atoms. The van der Waals surface area contributed by atoms with Gasteiger partial charge < -0.3 is 10.6 Å². The Bertz CT molecular complexity index is 744. The van der Waals surface area contributed by atoms with Crippen LogP contribution in [0, 0.1) is 13.8 Å². The molecule has 128 valence electrons. The summed E-state index contributed by atoms with van der Waals surface area (Å²) >= 11 is 0. The molecule has 0 saturated heterocycles. The summed E-state index contributed by atoms with van der Waals surface area (Å²) in [6.07, 6.45) is 1.16. The Hall–Kier alpha value is -2.30. The fraction of sp³-hybridized carbons (Fsp3) is 0.474. The van der Waals surface area contributed by atoms with Gasteiger partial charge in [-0.05, 0) is 38.3 Å². The number of hydrogen-bond donors (Lipinski definition) is 2. The van der Waals surface area contributed by atoms with Gasteiger partial charge in [-0.3, -0.25) is 4.68 Å². The number of rotatable bonds is 5. The third-order valence-electron chi connectivity index (χ3n) is 4.88. The van der Waals surface area contributed by atoms with Crippen molar-refractivity contribution in [1.29, 1.82) is 0 Å².